The molecule has 0 bridgehead atoms. The molecule has 0 radical (unpaired) electrons. The van der Waals surface area contributed by atoms with Gasteiger partial charge in [0.25, 0.3) is 0 Å². The zero-order valence-corrected chi connectivity index (χ0v) is 12.3. The monoisotopic (exact) mass is 269 g/mol. The number of ether oxygens (including phenoxy) is 1. The van der Waals surface area contributed by atoms with E-state index in [1.807, 2.05) is 20.8 Å². The van der Waals surface area contributed by atoms with Gasteiger partial charge in [-0.05, 0) is 32.9 Å². The van der Waals surface area contributed by atoms with Crippen LogP contribution >= 0.6 is 0 Å². The molecule has 2 N–H and O–H groups in total. The van der Waals surface area contributed by atoms with Crippen molar-refractivity contribution in [3.63, 3.8) is 0 Å². The van der Waals surface area contributed by atoms with Gasteiger partial charge in [0.05, 0.1) is 5.60 Å². The Morgan fingerprint density at radius 1 is 1.37 bits per heavy atom. The number of benzene rings is 1. The van der Waals surface area contributed by atoms with Gasteiger partial charge in [-0.3, -0.25) is 0 Å². The lowest BCUT2D eigenvalue weighted by Gasteiger charge is -2.27. The normalized spacial score (nSPS) is 16.2. The number of hydrogen-bond donors (Lipinski definition) is 2. The molecule has 4 heteroatoms. The average molecular weight is 269 g/mol. The van der Waals surface area contributed by atoms with Gasteiger partial charge in [0.1, 0.15) is 18.2 Å². The maximum atomic E-state index is 13.9. The van der Waals surface area contributed by atoms with Gasteiger partial charge in [-0.15, -0.1) is 0 Å². The lowest BCUT2D eigenvalue weighted by molar-refractivity contribution is -0.0267. The third-order valence-corrected chi connectivity index (χ3v) is 3.65. The lowest BCUT2D eigenvalue weighted by atomic mass is 9.94. The first-order valence-electron chi connectivity index (χ1n) is 6.60. The van der Waals surface area contributed by atoms with Crippen molar-refractivity contribution < 1.29 is 14.2 Å². The van der Waals surface area contributed by atoms with Crippen LogP contribution in [0.1, 0.15) is 39.3 Å². The van der Waals surface area contributed by atoms with E-state index in [-0.39, 0.29) is 24.4 Å². The van der Waals surface area contributed by atoms with Crippen LogP contribution in [-0.2, 0) is 0 Å². The number of rotatable bonds is 6. The molecule has 0 aliphatic heterocycles. The van der Waals surface area contributed by atoms with Crippen molar-refractivity contribution in [1.82, 2.24) is 5.32 Å². The second-order valence-corrected chi connectivity index (χ2v) is 5.49. The molecule has 0 saturated heterocycles. The Hall–Kier alpha value is -1.13. The summed E-state index contributed by atoms with van der Waals surface area (Å²) in [4.78, 5) is 0. The van der Waals surface area contributed by atoms with Crippen LogP contribution in [0.5, 0.6) is 5.75 Å². The van der Waals surface area contributed by atoms with E-state index in [0.717, 1.165) is 0 Å². The van der Waals surface area contributed by atoms with Crippen molar-refractivity contribution in [2.24, 2.45) is 5.92 Å². The van der Waals surface area contributed by atoms with Crippen molar-refractivity contribution in [1.29, 1.82) is 0 Å². The zero-order chi connectivity index (χ0) is 14.6. The third-order valence-electron chi connectivity index (χ3n) is 3.65. The molecule has 19 heavy (non-hydrogen) atoms. The Bertz CT molecular complexity index is 419. The van der Waals surface area contributed by atoms with Crippen LogP contribution in [0, 0.1) is 11.7 Å². The van der Waals surface area contributed by atoms with Crippen LogP contribution in [0.15, 0.2) is 18.2 Å². The fourth-order valence-electron chi connectivity index (χ4n) is 1.50. The molecule has 0 saturated carbocycles. The fraction of sp³-hybridized carbons (Fsp3) is 0.600. The van der Waals surface area contributed by atoms with Crippen molar-refractivity contribution >= 4 is 0 Å². The second kappa shape index (κ2) is 6.35. The van der Waals surface area contributed by atoms with Crippen LogP contribution in [0.25, 0.3) is 0 Å². The first-order valence-corrected chi connectivity index (χ1v) is 6.60. The summed E-state index contributed by atoms with van der Waals surface area (Å²) in [6.07, 6.45) is 0. The Morgan fingerprint density at radius 3 is 2.47 bits per heavy atom. The van der Waals surface area contributed by atoms with E-state index in [2.05, 4.69) is 5.32 Å². The van der Waals surface area contributed by atoms with Gasteiger partial charge in [-0.25, -0.2) is 4.39 Å². The Labute approximate surface area is 114 Å². The summed E-state index contributed by atoms with van der Waals surface area (Å²) < 4.78 is 19.4. The molecule has 0 fully saturated rings. The first-order chi connectivity index (χ1) is 8.77. The summed E-state index contributed by atoms with van der Waals surface area (Å²) in [5.74, 6) is 0.204. The molecule has 0 aromatic heterocycles. The number of hydrogen-bond acceptors (Lipinski definition) is 3. The number of halogens is 1. The van der Waals surface area contributed by atoms with Gasteiger partial charge in [-0.2, -0.15) is 0 Å². The van der Waals surface area contributed by atoms with Gasteiger partial charge in [0, 0.05) is 17.7 Å². The Balaban J connectivity index is 2.74. The zero-order valence-electron chi connectivity index (χ0n) is 12.3. The molecule has 1 aromatic rings. The maximum Gasteiger partial charge on any atom is 0.131 e. The highest BCUT2D eigenvalue weighted by molar-refractivity contribution is 5.30. The molecular weight excluding hydrogens is 245 g/mol. The van der Waals surface area contributed by atoms with E-state index >= 15 is 0 Å². The van der Waals surface area contributed by atoms with Crippen molar-refractivity contribution in [2.45, 2.75) is 39.3 Å². The summed E-state index contributed by atoms with van der Waals surface area (Å²) >= 11 is 0. The van der Waals surface area contributed by atoms with Crippen LogP contribution in [0.3, 0.4) is 0 Å². The summed E-state index contributed by atoms with van der Waals surface area (Å²) in [6, 6.07) is 4.74. The maximum absolute atomic E-state index is 13.9. The molecule has 108 valence electrons. The highest BCUT2D eigenvalue weighted by Crippen LogP contribution is 2.23. The summed E-state index contributed by atoms with van der Waals surface area (Å²) in [5.41, 5.74) is -0.321. The topological polar surface area (TPSA) is 41.5 Å². The third kappa shape index (κ3) is 4.18. The van der Waals surface area contributed by atoms with E-state index in [1.165, 1.54) is 6.07 Å². The molecule has 0 heterocycles. The number of nitrogens with one attached hydrogen (secondary N) is 1. The number of aliphatic hydroxyl groups is 1. The molecule has 0 aliphatic rings. The molecule has 0 spiro atoms. The minimum Gasteiger partial charge on any atom is -0.490 e. The van der Waals surface area contributed by atoms with Crippen LogP contribution < -0.4 is 10.1 Å². The second-order valence-electron chi connectivity index (χ2n) is 5.49. The summed E-state index contributed by atoms with van der Waals surface area (Å²) in [6.45, 7) is 7.59. The molecule has 1 aromatic carbocycles. The van der Waals surface area contributed by atoms with Gasteiger partial charge >= 0.3 is 0 Å². The van der Waals surface area contributed by atoms with Crippen molar-refractivity contribution in [3.05, 3.63) is 29.6 Å². The van der Waals surface area contributed by atoms with Gasteiger partial charge in [-0.1, -0.05) is 19.9 Å². The molecule has 0 amide bonds. The standard InChI is InChI=1S/C15H24FNO2/c1-10(2)15(4,18)9-19-12-6-7-13(11(3)17-5)14(16)8-12/h6-8,10-11,17-18H,9H2,1-5H3. The molecule has 0 aliphatic carbocycles. The average Bonchev–Trinajstić information content (AvgIpc) is 2.35. The predicted octanol–water partition coefficient (Wildman–Crippen LogP) is 2.89. The molecule has 3 nitrogen and oxygen atoms in total. The smallest absolute Gasteiger partial charge is 0.131 e. The molecule has 2 unspecified atom stereocenters. The first kappa shape index (κ1) is 15.9. The molecule has 2 atom stereocenters. The molecular formula is C15H24FNO2. The van der Waals surface area contributed by atoms with Crippen molar-refractivity contribution in [2.75, 3.05) is 13.7 Å². The molecule has 1 rings (SSSR count). The quantitative estimate of drug-likeness (QED) is 0.834. The van der Waals surface area contributed by atoms with E-state index in [0.29, 0.717) is 11.3 Å². The van der Waals surface area contributed by atoms with E-state index < -0.39 is 5.60 Å². The van der Waals surface area contributed by atoms with Crippen LogP contribution in [0.2, 0.25) is 0 Å². The SMILES string of the molecule is CNC(C)c1ccc(OCC(C)(O)C(C)C)cc1F. The highest BCUT2D eigenvalue weighted by Gasteiger charge is 2.25. The predicted molar refractivity (Wildman–Crippen MR) is 74.8 cm³/mol. The Kier molecular flexibility index (Phi) is 5.32. The largest absolute Gasteiger partial charge is 0.490 e. The van der Waals surface area contributed by atoms with Gasteiger partial charge in [0.2, 0.25) is 0 Å². The Morgan fingerprint density at radius 2 is 2.00 bits per heavy atom. The van der Waals surface area contributed by atoms with Gasteiger partial charge < -0.3 is 15.2 Å². The highest BCUT2D eigenvalue weighted by atomic mass is 19.1. The lowest BCUT2D eigenvalue weighted by Crippen LogP contribution is -2.37. The fourth-order valence-corrected chi connectivity index (χ4v) is 1.50. The van der Waals surface area contributed by atoms with E-state index in [9.17, 15) is 9.50 Å². The van der Waals surface area contributed by atoms with Crippen LogP contribution in [-0.4, -0.2) is 24.4 Å². The van der Waals surface area contributed by atoms with Gasteiger partial charge in [0.15, 0.2) is 0 Å². The van der Waals surface area contributed by atoms with E-state index in [4.69, 9.17) is 4.74 Å². The van der Waals surface area contributed by atoms with Crippen LogP contribution in [0.4, 0.5) is 4.39 Å². The van der Waals surface area contributed by atoms with Crippen molar-refractivity contribution in [3.8, 4) is 5.75 Å². The summed E-state index contributed by atoms with van der Waals surface area (Å²) in [7, 11) is 1.79. The van der Waals surface area contributed by atoms with E-state index in [1.54, 1.807) is 26.1 Å². The minimum atomic E-state index is -0.923. The summed E-state index contributed by atoms with van der Waals surface area (Å²) in [5, 5.41) is 13.1. The minimum absolute atomic E-state index is 0.0483.